The molecule has 0 saturated heterocycles. The van der Waals surface area contributed by atoms with Crippen molar-refractivity contribution in [3.8, 4) is 0 Å². The van der Waals surface area contributed by atoms with Crippen LogP contribution in [-0.2, 0) is 4.79 Å². The van der Waals surface area contributed by atoms with E-state index in [9.17, 15) is 9.59 Å². The predicted octanol–water partition coefficient (Wildman–Crippen LogP) is 2.41. The summed E-state index contributed by atoms with van der Waals surface area (Å²) >= 11 is 0. The first kappa shape index (κ1) is 16.0. The minimum atomic E-state index is -0.972. The number of carbonyl (C=O) groups is 2. The molecule has 0 aliphatic heterocycles. The summed E-state index contributed by atoms with van der Waals surface area (Å²) in [6, 6.07) is 5.35. The van der Waals surface area contributed by atoms with Gasteiger partial charge in [-0.05, 0) is 32.4 Å². The molecule has 1 aromatic rings. The molecule has 5 heteroatoms. The van der Waals surface area contributed by atoms with Crippen molar-refractivity contribution in [2.75, 3.05) is 11.9 Å². The Morgan fingerprint density at radius 1 is 1.35 bits per heavy atom. The third kappa shape index (κ3) is 4.91. The fraction of sp³-hybridized carbons (Fsp3) is 0.467. The summed E-state index contributed by atoms with van der Waals surface area (Å²) in [5, 5.41) is 15.0. The second kappa shape index (κ2) is 7.53. The Morgan fingerprint density at radius 2 is 2.05 bits per heavy atom. The minimum Gasteiger partial charge on any atom is -0.478 e. The number of rotatable bonds is 7. The Labute approximate surface area is 119 Å². The molecule has 0 spiro atoms. The molecule has 0 saturated carbocycles. The first-order valence-corrected chi connectivity index (χ1v) is 6.81. The summed E-state index contributed by atoms with van der Waals surface area (Å²) in [5.41, 5.74) is 1.66. The van der Waals surface area contributed by atoms with Crippen LogP contribution in [0.2, 0.25) is 0 Å². The Balaban J connectivity index is 2.54. The van der Waals surface area contributed by atoms with Gasteiger partial charge < -0.3 is 15.7 Å². The Morgan fingerprint density at radius 3 is 2.65 bits per heavy atom. The van der Waals surface area contributed by atoms with Crippen LogP contribution >= 0.6 is 0 Å². The highest BCUT2D eigenvalue weighted by Crippen LogP contribution is 2.17. The number of nitrogens with one attached hydrogen (secondary N) is 2. The van der Waals surface area contributed by atoms with Gasteiger partial charge in [-0.25, -0.2) is 4.79 Å². The van der Waals surface area contributed by atoms with E-state index in [0.29, 0.717) is 18.7 Å². The van der Waals surface area contributed by atoms with Crippen LogP contribution in [0.3, 0.4) is 0 Å². The van der Waals surface area contributed by atoms with Crippen LogP contribution in [0.4, 0.5) is 5.69 Å². The summed E-state index contributed by atoms with van der Waals surface area (Å²) in [4.78, 5) is 22.7. The van der Waals surface area contributed by atoms with Crippen LogP contribution in [0.5, 0.6) is 0 Å². The normalized spacial score (nSPS) is 11.8. The summed E-state index contributed by atoms with van der Waals surface area (Å²) in [7, 11) is 0. The van der Waals surface area contributed by atoms with Gasteiger partial charge in [-0.15, -0.1) is 0 Å². The van der Waals surface area contributed by atoms with Gasteiger partial charge in [-0.3, -0.25) is 4.79 Å². The van der Waals surface area contributed by atoms with E-state index in [-0.39, 0.29) is 17.5 Å². The van der Waals surface area contributed by atoms with Gasteiger partial charge in [0.05, 0.1) is 5.56 Å². The van der Waals surface area contributed by atoms with Crippen molar-refractivity contribution in [1.82, 2.24) is 5.32 Å². The highest BCUT2D eigenvalue weighted by Gasteiger charge is 2.10. The lowest BCUT2D eigenvalue weighted by atomic mass is 10.1. The molecule has 0 aromatic heterocycles. The number of benzene rings is 1. The Bertz CT molecular complexity index is 486. The molecule has 20 heavy (non-hydrogen) atoms. The van der Waals surface area contributed by atoms with E-state index < -0.39 is 5.97 Å². The molecule has 110 valence electrons. The second-order valence-corrected chi connectivity index (χ2v) is 4.91. The third-order valence-electron chi connectivity index (χ3n) is 3.09. The fourth-order valence-corrected chi connectivity index (χ4v) is 1.75. The number of carboxylic acids is 1. The molecule has 1 unspecified atom stereocenters. The van der Waals surface area contributed by atoms with Gasteiger partial charge in [0.1, 0.15) is 0 Å². The standard InChI is InChI=1S/C15H22N2O3/c1-4-11(3)17-14(18)7-8-16-13-6-5-10(2)9-12(13)15(19)20/h5-6,9,11,16H,4,7-8H2,1-3H3,(H,17,18)(H,19,20). The lowest BCUT2D eigenvalue weighted by Gasteiger charge is -2.13. The largest absolute Gasteiger partial charge is 0.478 e. The van der Waals surface area contributed by atoms with Gasteiger partial charge in [-0.1, -0.05) is 18.6 Å². The summed E-state index contributed by atoms with van der Waals surface area (Å²) in [5.74, 6) is -1.00. The molecule has 1 atom stereocenters. The quantitative estimate of drug-likeness (QED) is 0.715. The summed E-state index contributed by atoms with van der Waals surface area (Å²) < 4.78 is 0. The second-order valence-electron chi connectivity index (χ2n) is 4.91. The average Bonchev–Trinajstić information content (AvgIpc) is 2.39. The molecule has 0 bridgehead atoms. The van der Waals surface area contributed by atoms with Crippen LogP contribution in [0.1, 0.15) is 42.6 Å². The zero-order valence-corrected chi connectivity index (χ0v) is 12.2. The van der Waals surface area contributed by atoms with Crippen molar-refractivity contribution < 1.29 is 14.7 Å². The van der Waals surface area contributed by atoms with Crippen LogP contribution < -0.4 is 10.6 Å². The zero-order chi connectivity index (χ0) is 15.1. The molecule has 0 aliphatic carbocycles. The van der Waals surface area contributed by atoms with Crippen molar-refractivity contribution >= 4 is 17.6 Å². The highest BCUT2D eigenvalue weighted by atomic mass is 16.4. The molecule has 0 aliphatic rings. The van der Waals surface area contributed by atoms with E-state index in [1.165, 1.54) is 0 Å². The van der Waals surface area contributed by atoms with Gasteiger partial charge >= 0.3 is 5.97 Å². The Kier molecular flexibility index (Phi) is 6.03. The number of hydrogen-bond acceptors (Lipinski definition) is 3. The molecule has 0 heterocycles. The van der Waals surface area contributed by atoms with Gasteiger partial charge in [0, 0.05) is 24.7 Å². The van der Waals surface area contributed by atoms with Crippen LogP contribution in [0.25, 0.3) is 0 Å². The van der Waals surface area contributed by atoms with Gasteiger partial charge in [0.2, 0.25) is 5.91 Å². The maximum absolute atomic E-state index is 11.6. The molecular formula is C15H22N2O3. The van der Waals surface area contributed by atoms with Crippen molar-refractivity contribution in [3.63, 3.8) is 0 Å². The van der Waals surface area contributed by atoms with Crippen LogP contribution in [0.15, 0.2) is 18.2 Å². The molecule has 0 fully saturated rings. The van der Waals surface area contributed by atoms with Crippen LogP contribution in [-0.4, -0.2) is 29.6 Å². The highest BCUT2D eigenvalue weighted by molar-refractivity contribution is 5.94. The SMILES string of the molecule is CCC(C)NC(=O)CCNc1ccc(C)cc1C(=O)O. The van der Waals surface area contributed by atoms with E-state index in [0.717, 1.165) is 12.0 Å². The average molecular weight is 278 g/mol. The van der Waals surface area contributed by atoms with E-state index in [1.54, 1.807) is 12.1 Å². The maximum atomic E-state index is 11.6. The first-order chi connectivity index (χ1) is 9.43. The number of anilines is 1. The van der Waals surface area contributed by atoms with Crippen molar-refractivity contribution in [3.05, 3.63) is 29.3 Å². The predicted molar refractivity (Wildman–Crippen MR) is 79.1 cm³/mol. The Hall–Kier alpha value is -2.04. The number of amides is 1. The lowest BCUT2D eigenvalue weighted by molar-refractivity contribution is -0.121. The topological polar surface area (TPSA) is 78.4 Å². The third-order valence-corrected chi connectivity index (χ3v) is 3.09. The number of aryl methyl sites for hydroxylation is 1. The van der Waals surface area contributed by atoms with Gasteiger partial charge in [-0.2, -0.15) is 0 Å². The molecule has 0 radical (unpaired) electrons. The van der Waals surface area contributed by atoms with E-state index in [1.807, 2.05) is 26.8 Å². The summed E-state index contributed by atoms with van der Waals surface area (Å²) in [6.07, 6.45) is 1.21. The molecule has 1 rings (SSSR count). The van der Waals surface area contributed by atoms with E-state index in [2.05, 4.69) is 10.6 Å². The number of carbonyl (C=O) groups excluding carboxylic acids is 1. The van der Waals surface area contributed by atoms with Gasteiger partial charge in [0.15, 0.2) is 0 Å². The van der Waals surface area contributed by atoms with Gasteiger partial charge in [0.25, 0.3) is 0 Å². The molecule has 1 amide bonds. The minimum absolute atomic E-state index is 0.0316. The smallest absolute Gasteiger partial charge is 0.337 e. The molecular weight excluding hydrogens is 256 g/mol. The molecule has 3 N–H and O–H groups in total. The van der Waals surface area contributed by atoms with Crippen molar-refractivity contribution in [2.45, 2.75) is 39.7 Å². The molecule has 5 nitrogen and oxygen atoms in total. The zero-order valence-electron chi connectivity index (χ0n) is 12.2. The number of hydrogen-bond donors (Lipinski definition) is 3. The summed E-state index contributed by atoms with van der Waals surface area (Å²) in [6.45, 7) is 6.21. The molecule has 1 aromatic carbocycles. The van der Waals surface area contributed by atoms with Crippen molar-refractivity contribution in [2.24, 2.45) is 0 Å². The maximum Gasteiger partial charge on any atom is 0.337 e. The van der Waals surface area contributed by atoms with Crippen molar-refractivity contribution in [1.29, 1.82) is 0 Å². The van der Waals surface area contributed by atoms with Crippen LogP contribution in [0, 0.1) is 6.92 Å². The monoisotopic (exact) mass is 278 g/mol. The van der Waals surface area contributed by atoms with E-state index in [4.69, 9.17) is 5.11 Å². The first-order valence-electron chi connectivity index (χ1n) is 6.81. The fourth-order valence-electron chi connectivity index (χ4n) is 1.75. The number of aromatic carboxylic acids is 1. The lowest BCUT2D eigenvalue weighted by Crippen LogP contribution is -2.33. The van der Waals surface area contributed by atoms with E-state index >= 15 is 0 Å². The number of carboxylic acid groups (broad SMARTS) is 1.